The second-order valence-electron chi connectivity index (χ2n) is 6.19. The number of rotatable bonds is 4. The molecule has 24 heavy (non-hydrogen) atoms. The van der Waals surface area contributed by atoms with E-state index < -0.39 is 10.0 Å². The van der Waals surface area contributed by atoms with Gasteiger partial charge in [-0.1, -0.05) is 23.7 Å². The molecule has 0 radical (unpaired) electrons. The van der Waals surface area contributed by atoms with E-state index in [0.29, 0.717) is 29.5 Å². The number of nitrogens with zero attached hydrogens (tertiary/aromatic N) is 4. The number of hydrogen-bond donors (Lipinski definition) is 0. The maximum atomic E-state index is 12.8. The van der Waals surface area contributed by atoms with E-state index in [9.17, 15) is 8.42 Å². The lowest BCUT2D eigenvalue weighted by Gasteiger charge is -2.32. The summed E-state index contributed by atoms with van der Waals surface area (Å²) in [7, 11) is -3.39. The number of sulfonamides is 1. The summed E-state index contributed by atoms with van der Waals surface area (Å²) in [6.45, 7) is 4.73. The third-order valence-electron chi connectivity index (χ3n) is 4.24. The molecule has 1 aromatic carbocycles. The molecular formula is C16H21ClN4O2S. The highest BCUT2D eigenvalue weighted by Gasteiger charge is 2.31. The molecule has 1 aliphatic rings. The molecule has 1 saturated heterocycles. The highest BCUT2D eigenvalue weighted by Crippen LogP contribution is 2.25. The molecule has 0 amide bonds. The third-order valence-corrected chi connectivity index (χ3v) is 6.30. The van der Waals surface area contributed by atoms with Crippen LogP contribution in [0.4, 0.5) is 0 Å². The second-order valence-corrected chi connectivity index (χ2v) is 8.60. The van der Waals surface area contributed by atoms with Crippen LogP contribution >= 0.6 is 11.6 Å². The van der Waals surface area contributed by atoms with Gasteiger partial charge in [0.05, 0.1) is 11.8 Å². The van der Waals surface area contributed by atoms with E-state index in [4.69, 9.17) is 11.6 Å². The second kappa shape index (κ2) is 6.82. The van der Waals surface area contributed by atoms with E-state index >= 15 is 0 Å². The summed E-state index contributed by atoms with van der Waals surface area (Å²) in [6, 6.07) is 7.04. The number of piperidine rings is 1. The zero-order chi connectivity index (χ0) is 17.3. The molecule has 1 aromatic heterocycles. The van der Waals surface area contributed by atoms with Crippen LogP contribution in [-0.2, 0) is 15.8 Å². The number of hydrogen-bond acceptors (Lipinski definition) is 4. The van der Waals surface area contributed by atoms with E-state index in [1.165, 1.54) is 0 Å². The van der Waals surface area contributed by atoms with Gasteiger partial charge in [-0.05, 0) is 44.4 Å². The van der Waals surface area contributed by atoms with E-state index in [1.54, 1.807) is 28.6 Å². The molecule has 0 spiro atoms. The topological polar surface area (TPSA) is 68.1 Å². The average Bonchev–Trinajstić information content (AvgIpc) is 2.86. The molecule has 1 atom stereocenters. The minimum atomic E-state index is -3.39. The minimum absolute atomic E-state index is 0.0321. The van der Waals surface area contributed by atoms with Gasteiger partial charge in [-0.3, -0.25) is 0 Å². The van der Waals surface area contributed by atoms with E-state index in [1.807, 2.05) is 18.5 Å². The SMILES string of the molecule is Cc1nc(C)n(C2CCCN(S(=O)(=O)Cc3cccc(Cl)c3)C2)n1. The number of aryl methyl sites for hydroxylation is 2. The van der Waals surface area contributed by atoms with Gasteiger partial charge in [0.1, 0.15) is 11.6 Å². The van der Waals surface area contributed by atoms with Gasteiger partial charge in [0.25, 0.3) is 0 Å². The molecule has 0 bridgehead atoms. The Hall–Kier alpha value is -1.44. The van der Waals surface area contributed by atoms with Crippen LogP contribution in [0.3, 0.4) is 0 Å². The van der Waals surface area contributed by atoms with Crippen molar-refractivity contribution in [3.63, 3.8) is 0 Å². The molecule has 1 aliphatic heterocycles. The van der Waals surface area contributed by atoms with Gasteiger partial charge in [-0.15, -0.1) is 0 Å². The molecule has 1 fully saturated rings. The quantitative estimate of drug-likeness (QED) is 0.832. The number of halogens is 1. The van der Waals surface area contributed by atoms with Crippen molar-refractivity contribution in [1.82, 2.24) is 19.1 Å². The summed E-state index contributed by atoms with van der Waals surface area (Å²) in [5, 5.41) is 4.96. The first kappa shape index (κ1) is 17.4. The molecular weight excluding hydrogens is 348 g/mol. The Balaban J connectivity index is 1.77. The smallest absolute Gasteiger partial charge is 0.218 e. The van der Waals surface area contributed by atoms with Crippen molar-refractivity contribution in [3.05, 3.63) is 46.5 Å². The molecule has 2 heterocycles. The summed E-state index contributed by atoms with van der Waals surface area (Å²) in [4.78, 5) is 4.32. The maximum absolute atomic E-state index is 12.8. The lowest BCUT2D eigenvalue weighted by atomic mass is 10.1. The Morgan fingerprint density at radius 2 is 2.12 bits per heavy atom. The van der Waals surface area contributed by atoms with Crippen LogP contribution in [-0.4, -0.2) is 40.6 Å². The Morgan fingerprint density at radius 1 is 1.33 bits per heavy atom. The zero-order valence-corrected chi connectivity index (χ0v) is 15.4. The molecule has 0 N–H and O–H groups in total. The van der Waals surface area contributed by atoms with Crippen LogP contribution < -0.4 is 0 Å². The lowest BCUT2D eigenvalue weighted by molar-refractivity contribution is 0.250. The van der Waals surface area contributed by atoms with Crippen LogP contribution in [0.25, 0.3) is 0 Å². The summed E-state index contributed by atoms with van der Waals surface area (Å²) >= 11 is 5.96. The number of benzene rings is 1. The monoisotopic (exact) mass is 368 g/mol. The van der Waals surface area contributed by atoms with Crippen LogP contribution in [0.2, 0.25) is 5.02 Å². The highest BCUT2D eigenvalue weighted by atomic mass is 35.5. The Morgan fingerprint density at radius 3 is 2.79 bits per heavy atom. The Bertz CT molecular complexity index is 834. The van der Waals surface area contributed by atoms with Crippen LogP contribution in [0.5, 0.6) is 0 Å². The first-order valence-corrected chi connectivity index (χ1v) is 9.96. The molecule has 6 nitrogen and oxygen atoms in total. The van der Waals surface area contributed by atoms with Crippen LogP contribution in [0.15, 0.2) is 24.3 Å². The van der Waals surface area contributed by atoms with Crippen molar-refractivity contribution < 1.29 is 8.42 Å². The van der Waals surface area contributed by atoms with E-state index in [2.05, 4.69) is 10.1 Å². The fourth-order valence-corrected chi connectivity index (χ4v) is 4.99. The molecule has 0 aliphatic carbocycles. The average molecular weight is 369 g/mol. The van der Waals surface area contributed by atoms with Gasteiger partial charge in [0, 0.05) is 18.1 Å². The Kier molecular flexibility index (Phi) is 4.94. The first-order valence-electron chi connectivity index (χ1n) is 7.97. The van der Waals surface area contributed by atoms with Crippen molar-refractivity contribution in [3.8, 4) is 0 Å². The van der Waals surface area contributed by atoms with E-state index in [-0.39, 0.29) is 11.8 Å². The molecule has 2 aromatic rings. The van der Waals surface area contributed by atoms with Crippen molar-refractivity contribution in [2.24, 2.45) is 0 Å². The normalized spacial score (nSPS) is 19.5. The van der Waals surface area contributed by atoms with Gasteiger partial charge < -0.3 is 0 Å². The van der Waals surface area contributed by atoms with Crippen molar-refractivity contribution >= 4 is 21.6 Å². The predicted molar refractivity (Wildman–Crippen MR) is 93.4 cm³/mol. The molecule has 8 heteroatoms. The zero-order valence-electron chi connectivity index (χ0n) is 13.8. The fourth-order valence-electron chi connectivity index (χ4n) is 3.18. The molecule has 3 rings (SSSR count). The van der Waals surface area contributed by atoms with Gasteiger partial charge in [-0.2, -0.15) is 9.40 Å². The maximum Gasteiger partial charge on any atom is 0.218 e. The van der Waals surface area contributed by atoms with Crippen molar-refractivity contribution in [1.29, 1.82) is 0 Å². The number of aromatic nitrogens is 3. The summed E-state index contributed by atoms with van der Waals surface area (Å²) in [5.41, 5.74) is 0.706. The Labute approximate surface area is 147 Å². The largest absolute Gasteiger partial charge is 0.246 e. The van der Waals surface area contributed by atoms with Gasteiger partial charge in [0.2, 0.25) is 10.0 Å². The highest BCUT2D eigenvalue weighted by molar-refractivity contribution is 7.88. The van der Waals surface area contributed by atoms with Gasteiger partial charge in [0.15, 0.2) is 0 Å². The van der Waals surface area contributed by atoms with Crippen LogP contribution in [0, 0.1) is 13.8 Å². The molecule has 130 valence electrons. The fraction of sp³-hybridized carbons (Fsp3) is 0.500. The third kappa shape index (κ3) is 3.79. The molecule has 0 saturated carbocycles. The van der Waals surface area contributed by atoms with Crippen molar-refractivity contribution in [2.75, 3.05) is 13.1 Å². The summed E-state index contributed by atoms with van der Waals surface area (Å²) in [6.07, 6.45) is 1.73. The van der Waals surface area contributed by atoms with Crippen LogP contribution in [0.1, 0.15) is 36.1 Å². The van der Waals surface area contributed by atoms with Crippen molar-refractivity contribution in [2.45, 2.75) is 38.5 Å². The standard InChI is InChI=1S/C16H21ClN4O2S/c1-12-18-13(2)21(19-12)16-7-4-8-20(10-16)24(22,23)11-14-5-3-6-15(17)9-14/h3,5-6,9,16H,4,7-8,10-11H2,1-2H3. The minimum Gasteiger partial charge on any atom is -0.246 e. The van der Waals surface area contributed by atoms with Gasteiger partial charge in [-0.25, -0.2) is 18.1 Å². The van der Waals surface area contributed by atoms with E-state index in [0.717, 1.165) is 18.7 Å². The lowest BCUT2D eigenvalue weighted by Crippen LogP contribution is -2.41. The summed E-state index contributed by atoms with van der Waals surface area (Å²) in [5.74, 6) is 1.51. The summed E-state index contributed by atoms with van der Waals surface area (Å²) < 4.78 is 29.0. The van der Waals surface area contributed by atoms with Gasteiger partial charge >= 0.3 is 0 Å². The first-order chi connectivity index (χ1) is 11.3. The molecule has 1 unspecified atom stereocenters. The predicted octanol–water partition coefficient (Wildman–Crippen LogP) is 2.72.